The Balaban J connectivity index is 1.30. The summed E-state index contributed by atoms with van der Waals surface area (Å²) in [5.41, 5.74) is 7.79. The van der Waals surface area contributed by atoms with Gasteiger partial charge in [0, 0.05) is 54.3 Å². The maximum atomic E-state index is 14.1. The average molecular weight is 735 g/mol. The first-order valence-electron chi connectivity index (χ1n) is 16.7. The van der Waals surface area contributed by atoms with Gasteiger partial charge in [-0.2, -0.15) is 4.72 Å². The number of nitrogens with two attached hydrogens (primary N) is 1. The van der Waals surface area contributed by atoms with Crippen LogP contribution in [-0.2, 0) is 26.2 Å². The lowest BCUT2D eigenvalue weighted by atomic mass is 9.96. The molecule has 14 heteroatoms. The smallest absolute Gasteiger partial charge is 0.243 e. The number of sulfonamides is 1. The Morgan fingerprint density at radius 1 is 1.04 bits per heavy atom. The van der Waals surface area contributed by atoms with Crippen molar-refractivity contribution < 1.29 is 27.2 Å². The van der Waals surface area contributed by atoms with Crippen molar-refractivity contribution in [2.24, 2.45) is 5.73 Å². The number of quaternary nitrogens is 1. The van der Waals surface area contributed by atoms with Crippen LogP contribution in [0.25, 0.3) is 10.9 Å². The van der Waals surface area contributed by atoms with Crippen molar-refractivity contribution in [1.29, 1.82) is 0 Å². The van der Waals surface area contributed by atoms with E-state index in [-0.39, 0.29) is 33.4 Å². The number of pyridine rings is 1. The Kier molecular flexibility index (Phi) is 11.2. The van der Waals surface area contributed by atoms with Crippen LogP contribution in [0.2, 0.25) is 10.0 Å². The Bertz CT molecular complexity index is 1830. The molecule has 2 heterocycles. The second kappa shape index (κ2) is 14.7. The fraction of sp³-hybridized carbons (Fsp3) is 0.514. The summed E-state index contributed by atoms with van der Waals surface area (Å²) in [5, 5.41) is 1.12. The van der Waals surface area contributed by atoms with E-state index in [0.29, 0.717) is 79.6 Å². The van der Waals surface area contributed by atoms with Crippen molar-refractivity contribution in [3.05, 3.63) is 63.3 Å². The van der Waals surface area contributed by atoms with Crippen LogP contribution in [0.1, 0.15) is 48.9 Å². The summed E-state index contributed by atoms with van der Waals surface area (Å²) in [5.74, 6) is 0.0971. The molecule has 2 aromatic carbocycles. The fourth-order valence-electron chi connectivity index (χ4n) is 6.71. The van der Waals surface area contributed by atoms with E-state index in [0.717, 1.165) is 23.2 Å². The highest BCUT2D eigenvalue weighted by Gasteiger charge is 2.47. The highest BCUT2D eigenvalue weighted by Crippen LogP contribution is 2.37. The normalized spacial score (nSPS) is 17.4. The third kappa shape index (κ3) is 8.32. The predicted molar refractivity (Wildman–Crippen MR) is 192 cm³/mol. The zero-order chi connectivity index (χ0) is 35.7. The number of nitrogens with zero attached hydrogens (tertiary/aromatic N) is 4. The summed E-state index contributed by atoms with van der Waals surface area (Å²) in [6.07, 6.45) is 2.66. The van der Waals surface area contributed by atoms with Crippen LogP contribution in [0, 0.1) is 13.8 Å². The van der Waals surface area contributed by atoms with Crippen molar-refractivity contribution in [1.82, 2.24) is 19.5 Å². The minimum Gasteiger partial charge on any atom is -0.487 e. The number of carbonyl (C=O) groups excluding carboxylic acids is 2. The van der Waals surface area contributed by atoms with Crippen LogP contribution in [0.15, 0.2) is 41.3 Å². The molecule has 2 aliphatic rings. The third-order valence-corrected chi connectivity index (χ3v) is 11.9. The lowest BCUT2D eigenvalue weighted by Crippen LogP contribution is -2.62. The summed E-state index contributed by atoms with van der Waals surface area (Å²) in [6, 6.07) is 9.84. The molecule has 1 atom stereocenters. The van der Waals surface area contributed by atoms with E-state index in [1.807, 2.05) is 32.0 Å². The number of aryl methyl sites for hydroxylation is 2. The molecule has 0 spiro atoms. The predicted octanol–water partition coefficient (Wildman–Crippen LogP) is 4.42. The minimum atomic E-state index is -4.28. The van der Waals surface area contributed by atoms with Crippen LogP contribution in [0.5, 0.6) is 5.75 Å². The monoisotopic (exact) mass is 733 g/mol. The number of fused-ring (bicyclic) bond motifs is 1. The zero-order valence-corrected chi connectivity index (χ0v) is 31.2. The first kappa shape index (κ1) is 37.3. The molecule has 0 unspecified atom stereocenters. The molecule has 1 saturated carbocycles. The highest BCUT2D eigenvalue weighted by molar-refractivity contribution is 7.89. The lowest BCUT2D eigenvalue weighted by Gasteiger charge is -2.40. The van der Waals surface area contributed by atoms with E-state index in [9.17, 15) is 18.0 Å². The van der Waals surface area contributed by atoms with Crippen molar-refractivity contribution in [3.63, 3.8) is 0 Å². The van der Waals surface area contributed by atoms with Crippen LogP contribution < -0.4 is 15.2 Å². The van der Waals surface area contributed by atoms with Gasteiger partial charge in [0.1, 0.15) is 28.3 Å². The molecular weight excluding hydrogens is 687 g/mol. The first-order valence-corrected chi connectivity index (χ1v) is 18.9. The Labute approximate surface area is 299 Å². The number of hydrogen-bond donors (Lipinski definition) is 2. The molecule has 1 aliphatic carbocycles. The Morgan fingerprint density at radius 3 is 2.35 bits per heavy atom. The van der Waals surface area contributed by atoms with Crippen LogP contribution in [-0.4, -0.2) is 105 Å². The van der Waals surface area contributed by atoms with Crippen LogP contribution in [0.4, 0.5) is 0 Å². The number of nitrogens with one attached hydrogen (secondary N) is 1. The molecule has 1 saturated heterocycles. The SMILES string of the molecule is Cc1cc(C)c2cccc(OCc3c(Cl)ccc(S(=O)(=O)NC4(C(=O)N5CCN(C(=O)[C@@H](N)CC[N+](C)(C)C)CC5)CCCC4)c3Cl)c2n1. The van der Waals surface area contributed by atoms with E-state index in [4.69, 9.17) is 33.7 Å². The number of aromatic nitrogens is 1. The minimum absolute atomic E-state index is 0.0742. The zero-order valence-electron chi connectivity index (χ0n) is 28.9. The molecule has 266 valence electrons. The quantitative estimate of drug-likeness (QED) is 0.279. The summed E-state index contributed by atoms with van der Waals surface area (Å²) >= 11 is 13.3. The highest BCUT2D eigenvalue weighted by atomic mass is 35.5. The molecule has 0 bridgehead atoms. The number of amides is 2. The van der Waals surface area contributed by atoms with Gasteiger partial charge in [0.05, 0.1) is 38.8 Å². The van der Waals surface area contributed by atoms with E-state index in [2.05, 4.69) is 30.8 Å². The number of carbonyl (C=O) groups is 2. The number of rotatable bonds is 11. The summed E-state index contributed by atoms with van der Waals surface area (Å²) in [4.78, 5) is 34.9. The van der Waals surface area contributed by atoms with Crippen LogP contribution in [0.3, 0.4) is 0 Å². The van der Waals surface area contributed by atoms with E-state index >= 15 is 0 Å². The second-order valence-electron chi connectivity index (χ2n) is 14.3. The van der Waals surface area contributed by atoms with Gasteiger partial charge < -0.3 is 24.8 Å². The van der Waals surface area contributed by atoms with Crippen LogP contribution >= 0.6 is 23.2 Å². The second-order valence-corrected chi connectivity index (χ2v) is 16.7. The molecule has 5 rings (SSSR count). The standard InChI is InChI=1S/C35H47Cl2N6O5S/c1-23-21-24(2)39-32-25(23)9-8-10-29(32)48-22-26-27(36)11-12-30(31(26)37)49(46,47)40-35(14-6-7-15-35)34(45)42-18-16-41(17-19-42)33(44)28(38)13-20-43(3,4)5/h8-12,21,28,40H,6-7,13-20,22,38H2,1-5H3/q+1/t28-/m0/s1. The first-order chi connectivity index (χ1) is 23.0. The van der Waals surface area contributed by atoms with Gasteiger partial charge in [-0.25, -0.2) is 13.4 Å². The molecule has 49 heavy (non-hydrogen) atoms. The summed E-state index contributed by atoms with van der Waals surface area (Å²) in [7, 11) is 1.88. The average Bonchev–Trinajstić information content (AvgIpc) is 3.51. The van der Waals surface area contributed by atoms with E-state index in [1.54, 1.807) is 15.9 Å². The van der Waals surface area contributed by atoms with Crippen molar-refractivity contribution in [2.45, 2.75) is 69.0 Å². The van der Waals surface area contributed by atoms with Gasteiger partial charge in [-0.1, -0.05) is 48.2 Å². The fourth-order valence-corrected chi connectivity index (χ4v) is 9.01. The molecule has 11 nitrogen and oxygen atoms in total. The number of para-hydroxylation sites is 1. The maximum Gasteiger partial charge on any atom is 0.243 e. The third-order valence-electron chi connectivity index (χ3n) is 9.45. The number of piperazine rings is 1. The van der Waals surface area contributed by atoms with E-state index in [1.165, 1.54) is 12.1 Å². The number of ether oxygens (including phenoxy) is 1. The molecule has 1 aromatic heterocycles. The van der Waals surface area contributed by atoms with Crippen molar-refractivity contribution >= 4 is 55.9 Å². The number of halogens is 2. The maximum absolute atomic E-state index is 14.1. The summed E-state index contributed by atoms with van der Waals surface area (Å²) in [6.45, 7) is 5.84. The molecule has 1 aliphatic heterocycles. The Hall–Kier alpha value is -3.00. The Morgan fingerprint density at radius 2 is 1.69 bits per heavy atom. The van der Waals surface area contributed by atoms with Gasteiger partial charge in [-0.15, -0.1) is 0 Å². The number of hydrogen-bond acceptors (Lipinski definition) is 7. The van der Waals surface area contributed by atoms with Crippen molar-refractivity contribution in [2.75, 3.05) is 53.9 Å². The van der Waals surface area contributed by atoms with E-state index < -0.39 is 21.6 Å². The molecule has 0 radical (unpaired) electrons. The molecule has 3 N–H and O–H groups in total. The lowest BCUT2D eigenvalue weighted by molar-refractivity contribution is -0.870. The topological polar surface area (TPSA) is 135 Å². The van der Waals surface area contributed by atoms with Gasteiger partial charge in [0.25, 0.3) is 0 Å². The van der Waals surface area contributed by atoms with Gasteiger partial charge >= 0.3 is 0 Å². The molecule has 2 fully saturated rings. The summed E-state index contributed by atoms with van der Waals surface area (Å²) < 4.78 is 37.6. The van der Waals surface area contributed by atoms with Gasteiger partial charge in [0.15, 0.2) is 0 Å². The van der Waals surface area contributed by atoms with Crippen molar-refractivity contribution in [3.8, 4) is 5.75 Å². The number of benzene rings is 2. The molecular formula is C35H47Cl2N6O5S+. The molecule has 3 aromatic rings. The molecule has 2 amide bonds. The van der Waals surface area contributed by atoms with Gasteiger partial charge in [-0.3, -0.25) is 9.59 Å². The van der Waals surface area contributed by atoms with Gasteiger partial charge in [0.2, 0.25) is 21.8 Å². The van der Waals surface area contributed by atoms with Gasteiger partial charge in [-0.05, 0) is 56.5 Å². The largest absolute Gasteiger partial charge is 0.487 e.